The number of thioether (sulfide) groups is 1. The zero-order valence-electron chi connectivity index (χ0n) is 14.0. The Morgan fingerprint density at radius 2 is 1.62 bits per heavy atom. The molecular formula is C16H25BO3S. The lowest BCUT2D eigenvalue weighted by Gasteiger charge is -2.32. The van der Waals surface area contributed by atoms with E-state index >= 15 is 0 Å². The highest BCUT2D eigenvalue weighted by atomic mass is 32.2. The van der Waals surface area contributed by atoms with Crippen LogP contribution in [0.2, 0.25) is 0 Å². The van der Waals surface area contributed by atoms with E-state index in [9.17, 15) is 0 Å². The Hall–Kier alpha value is -0.645. The highest BCUT2D eigenvalue weighted by Gasteiger charge is 2.51. The minimum atomic E-state index is -0.350. The molecule has 1 aliphatic heterocycles. The summed E-state index contributed by atoms with van der Waals surface area (Å²) in [6.45, 7) is 12.3. The standard InChI is InChI=1S/C16H25BO3S/c1-11(2)18-13-8-12(9-14(10-13)21-7)17-19-15(3,4)16(5,6)20-17/h8-11H,1-7H3. The topological polar surface area (TPSA) is 27.7 Å². The summed E-state index contributed by atoms with van der Waals surface area (Å²) >= 11 is 1.69. The van der Waals surface area contributed by atoms with E-state index in [1.54, 1.807) is 11.8 Å². The molecule has 1 saturated heterocycles. The normalized spacial score (nSPS) is 20.1. The van der Waals surface area contributed by atoms with Crippen LogP contribution in [0.1, 0.15) is 41.5 Å². The van der Waals surface area contributed by atoms with Crippen LogP contribution in [-0.2, 0) is 9.31 Å². The smallest absolute Gasteiger partial charge is 0.491 e. The van der Waals surface area contributed by atoms with Crippen molar-refractivity contribution >= 4 is 24.3 Å². The number of hydrogen-bond acceptors (Lipinski definition) is 4. The molecule has 1 fully saturated rings. The van der Waals surface area contributed by atoms with Crippen molar-refractivity contribution < 1.29 is 14.0 Å². The second-order valence-corrected chi connectivity index (χ2v) is 7.58. The van der Waals surface area contributed by atoms with Gasteiger partial charge in [0.15, 0.2) is 0 Å². The monoisotopic (exact) mass is 308 g/mol. The zero-order valence-corrected chi connectivity index (χ0v) is 14.8. The first-order valence-electron chi connectivity index (χ1n) is 7.36. The summed E-state index contributed by atoms with van der Waals surface area (Å²) in [7, 11) is -0.350. The molecule has 21 heavy (non-hydrogen) atoms. The second kappa shape index (κ2) is 5.86. The van der Waals surface area contributed by atoms with Gasteiger partial charge in [0.2, 0.25) is 0 Å². The van der Waals surface area contributed by atoms with Crippen molar-refractivity contribution in [1.29, 1.82) is 0 Å². The molecule has 1 aromatic carbocycles. The summed E-state index contributed by atoms with van der Waals surface area (Å²) in [6.07, 6.45) is 2.20. The summed E-state index contributed by atoms with van der Waals surface area (Å²) in [5.41, 5.74) is 0.356. The van der Waals surface area contributed by atoms with Crippen molar-refractivity contribution in [3.8, 4) is 5.75 Å². The number of benzene rings is 1. The lowest BCUT2D eigenvalue weighted by molar-refractivity contribution is 0.00578. The van der Waals surface area contributed by atoms with Crippen molar-refractivity contribution in [2.75, 3.05) is 6.26 Å². The largest absolute Gasteiger partial charge is 0.495 e. The van der Waals surface area contributed by atoms with Gasteiger partial charge >= 0.3 is 7.12 Å². The maximum atomic E-state index is 6.12. The van der Waals surface area contributed by atoms with Crippen LogP contribution in [0.25, 0.3) is 0 Å². The summed E-state index contributed by atoms with van der Waals surface area (Å²) in [6, 6.07) is 6.18. The molecule has 2 rings (SSSR count). The Morgan fingerprint density at radius 1 is 1.05 bits per heavy atom. The van der Waals surface area contributed by atoms with Crippen LogP contribution in [-0.4, -0.2) is 30.7 Å². The minimum absolute atomic E-state index is 0.147. The third kappa shape index (κ3) is 3.58. The van der Waals surface area contributed by atoms with E-state index in [1.807, 2.05) is 19.9 Å². The molecule has 1 heterocycles. The number of hydrogen-bond donors (Lipinski definition) is 0. The maximum Gasteiger partial charge on any atom is 0.495 e. The van der Waals surface area contributed by atoms with Gasteiger partial charge in [-0.3, -0.25) is 0 Å². The third-order valence-electron chi connectivity index (χ3n) is 4.04. The fourth-order valence-electron chi connectivity index (χ4n) is 2.17. The van der Waals surface area contributed by atoms with Gasteiger partial charge in [0.05, 0.1) is 17.3 Å². The van der Waals surface area contributed by atoms with Gasteiger partial charge in [-0.1, -0.05) is 0 Å². The molecule has 0 aromatic heterocycles. The van der Waals surface area contributed by atoms with Crippen LogP contribution in [0.3, 0.4) is 0 Å². The Balaban J connectivity index is 2.32. The molecule has 0 bridgehead atoms. The van der Waals surface area contributed by atoms with E-state index in [4.69, 9.17) is 14.0 Å². The van der Waals surface area contributed by atoms with Crippen LogP contribution in [0.4, 0.5) is 0 Å². The zero-order chi connectivity index (χ0) is 15.8. The first-order valence-corrected chi connectivity index (χ1v) is 8.58. The van der Waals surface area contributed by atoms with Crippen LogP contribution in [0.15, 0.2) is 23.1 Å². The molecule has 1 aromatic rings. The fourth-order valence-corrected chi connectivity index (χ4v) is 2.65. The van der Waals surface area contributed by atoms with E-state index in [2.05, 4.69) is 46.1 Å². The van der Waals surface area contributed by atoms with Gasteiger partial charge in [-0.2, -0.15) is 0 Å². The second-order valence-electron chi connectivity index (χ2n) is 6.70. The molecule has 0 radical (unpaired) electrons. The molecule has 1 aliphatic rings. The molecule has 0 aliphatic carbocycles. The first kappa shape index (κ1) is 16.7. The summed E-state index contributed by atoms with van der Waals surface area (Å²) < 4.78 is 18.1. The van der Waals surface area contributed by atoms with E-state index in [0.29, 0.717) is 0 Å². The molecule has 0 N–H and O–H groups in total. The van der Waals surface area contributed by atoms with Gasteiger partial charge in [0, 0.05) is 4.90 Å². The van der Waals surface area contributed by atoms with Gasteiger partial charge < -0.3 is 14.0 Å². The Labute approximate surface area is 132 Å². The summed E-state index contributed by atoms with van der Waals surface area (Å²) in [4.78, 5) is 1.15. The molecule has 3 nitrogen and oxygen atoms in total. The van der Waals surface area contributed by atoms with Gasteiger partial charge in [0.25, 0.3) is 0 Å². The third-order valence-corrected chi connectivity index (χ3v) is 4.74. The molecule has 0 saturated carbocycles. The lowest BCUT2D eigenvalue weighted by atomic mass is 9.79. The van der Waals surface area contributed by atoms with Gasteiger partial charge in [-0.05, 0) is 71.5 Å². The van der Waals surface area contributed by atoms with Crippen molar-refractivity contribution in [2.45, 2.75) is 63.7 Å². The van der Waals surface area contributed by atoms with Crippen molar-refractivity contribution in [3.63, 3.8) is 0 Å². The minimum Gasteiger partial charge on any atom is -0.491 e. The van der Waals surface area contributed by atoms with Gasteiger partial charge in [-0.25, -0.2) is 0 Å². The van der Waals surface area contributed by atoms with Crippen LogP contribution < -0.4 is 10.2 Å². The van der Waals surface area contributed by atoms with Gasteiger partial charge in [-0.15, -0.1) is 11.8 Å². The summed E-state index contributed by atoms with van der Waals surface area (Å²) in [5.74, 6) is 0.863. The van der Waals surface area contributed by atoms with Crippen molar-refractivity contribution in [1.82, 2.24) is 0 Å². The number of rotatable bonds is 4. The SMILES string of the molecule is CSc1cc(OC(C)C)cc(B2OC(C)(C)C(C)(C)O2)c1. The highest BCUT2D eigenvalue weighted by molar-refractivity contribution is 7.98. The lowest BCUT2D eigenvalue weighted by Crippen LogP contribution is -2.41. The predicted octanol–water partition coefficient (Wildman–Crippen LogP) is 3.49. The van der Waals surface area contributed by atoms with Crippen molar-refractivity contribution in [2.24, 2.45) is 0 Å². The predicted molar refractivity (Wildman–Crippen MR) is 89.7 cm³/mol. The highest BCUT2D eigenvalue weighted by Crippen LogP contribution is 2.37. The van der Waals surface area contributed by atoms with E-state index in [0.717, 1.165) is 16.1 Å². The van der Waals surface area contributed by atoms with Gasteiger partial charge in [0.1, 0.15) is 5.75 Å². The van der Waals surface area contributed by atoms with Crippen LogP contribution in [0.5, 0.6) is 5.75 Å². The van der Waals surface area contributed by atoms with Crippen LogP contribution >= 0.6 is 11.8 Å². The molecule has 0 amide bonds. The Bertz CT molecular complexity index is 498. The van der Waals surface area contributed by atoms with E-state index in [-0.39, 0.29) is 24.4 Å². The molecule has 116 valence electrons. The van der Waals surface area contributed by atoms with E-state index in [1.165, 1.54) is 0 Å². The fraction of sp³-hybridized carbons (Fsp3) is 0.625. The maximum absolute atomic E-state index is 6.12. The number of ether oxygens (including phenoxy) is 1. The molecular weight excluding hydrogens is 283 g/mol. The first-order chi connectivity index (χ1) is 9.64. The molecule has 0 spiro atoms. The summed E-state index contributed by atoms with van der Waals surface area (Å²) in [5, 5.41) is 0. The molecule has 0 atom stereocenters. The van der Waals surface area contributed by atoms with E-state index < -0.39 is 0 Å². The average molecular weight is 308 g/mol. The Morgan fingerprint density at radius 3 is 2.10 bits per heavy atom. The van der Waals surface area contributed by atoms with Crippen LogP contribution in [0, 0.1) is 0 Å². The quantitative estimate of drug-likeness (QED) is 0.628. The molecule has 0 unspecified atom stereocenters. The van der Waals surface area contributed by atoms with Crippen molar-refractivity contribution in [3.05, 3.63) is 18.2 Å². The molecule has 5 heteroatoms. The average Bonchev–Trinajstić information content (AvgIpc) is 2.57. The Kier molecular flexibility index (Phi) is 4.67.